The van der Waals surface area contributed by atoms with Gasteiger partial charge in [-0.15, -0.1) is 0 Å². The number of anilines is 2. The number of nitrogen functional groups attached to an aromatic ring is 1. The van der Waals surface area contributed by atoms with Gasteiger partial charge in [-0.2, -0.15) is 5.10 Å². The lowest BCUT2D eigenvalue weighted by Crippen LogP contribution is -2.13. The number of nitrogens with two attached hydrogens (primary N) is 1. The minimum absolute atomic E-state index is 0.256. The lowest BCUT2D eigenvalue weighted by Gasteiger charge is -2.04. The number of carbonyl (C=O) groups is 1. The standard InChI is InChI=1S/C10H9IN4O/c11-6-3-1-2-4-7(6)13-10(16)8-5-9(12)15-14-8/h1-5H,(H,13,16)(H3,12,14,15). The molecule has 1 amide bonds. The average Bonchev–Trinajstić information content (AvgIpc) is 2.68. The van der Waals surface area contributed by atoms with Gasteiger partial charge in [-0.3, -0.25) is 9.89 Å². The van der Waals surface area contributed by atoms with Crippen LogP contribution in [0.5, 0.6) is 0 Å². The van der Waals surface area contributed by atoms with Crippen molar-refractivity contribution in [2.45, 2.75) is 0 Å². The number of H-pyrrole nitrogens is 1. The molecule has 2 rings (SSSR count). The zero-order valence-corrected chi connectivity index (χ0v) is 10.4. The van der Waals surface area contributed by atoms with Crippen LogP contribution < -0.4 is 11.1 Å². The van der Waals surface area contributed by atoms with E-state index < -0.39 is 0 Å². The molecule has 1 aromatic heterocycles. The van der Waals surface area contributed by atoms with Gasteiger partial charge in [0.2, 0.25) is 0 Å². The summed E-state index contributed by atoms with van der Waals surface area (Å²) in [6.45, 7) is 0. The predicted octanol–water partition coefficient (Wildman–Crippen LogP) is 1.85. The lowest BCUT2D eigenvalue weighted by molar-refractivity contribution is 0.102. The Kier molecular flexibility index (Phi) is 3.09. The summed E-state index contributed by atoms with van der Waals surface area (Å²) in [6, 6.07) is 9.01. The van der Waals surface area contributed by atoms with Gasteiger partial charge in [0.15, 0.2) is 0 Å². The maximum Gasteiger partial charge on any atom is 0.273 e. The first kappa shape index (κ1) is 10.9. The summed E-state index contributed by atoms with van der Waals surface area (Å²) in [5.41, 5.74) is 6.53. The molecule has 0 aliphatic carbocycles. The highest BCUT2D eigenvalue weighted by Crippen LogP contribution is 2.17. The van der Waals surface area contributed by atoms with Gasteiger partial charge in [0.1, 0.15) is 11.5 Å². The minimum Gasteiger partial charge on any atom is -0.382 e. The summed E-state index contributed by atoms with van der Waals surface area (Å²) >= 11 is 2.15. The summed E-state index contributed by atoms with van der Waals surface area (Å²) < 4.78 is 0.973. The summed E-state index contributed by atoms with van der Waals surface area (Å²) in [5.74, 6) is 0.0428. The molecule has 0 bridgehead atoms. The number of aromatic amines is 1. The molecule has 0 radical (unpaired) electrons. The van der Waals surface area contributed by atoms with E-state index in [0.717, 1.165) is 9.26 Å². The van der Waals surface area contributed by atoms with Gasteiger partial charge >= 0.3 is 0 Å². The Morgan fingerprint density at radius 2 is 2.19 bits per heavy atom. The Balaban J connectivity index is 2.17. The van der Waals surface area contributed by atoms with Gasteiger partial charge in [0, 0.05) is 9.64 Å². The number of nitrogens with zero attached hydrogens (tertiary/aromatic N) is 1. The van der Waals surface area contributed by atoms with Crippen LogP contribution in [0, 0.1) is 3.57 Å². The third-order valence-corrected chi connectivity index (χ3v) is 2.91. The van der Waals surface area contributed by atoms with Gasteiger partial charge < -0.3 is 11.1 Å². The van der Waals surface area contributed by atoms with E-state index in [0.29, 0.717) is 11.5 Å². The molecule has 5 nitrogen and oxygen atoms in total. The fourth-order valence-electron chi connectivity index (χ4n) is 1.21. The maximum atomic E-state index is 11.7. The molecule has 6 heteroatoms. The lowest BCUT2D eigenvalue weighted by atomic mass is 10.3. The Morgan fingerprint density at radius 3 is 2.81 bits per heavy atom. The maximum absolute atomic E-state index is 11.7. The SMILES string of the molecule is Nc1cc(C(=O)Nc2ccccc2I)[nH]n1. The summed E-state index contributed by atoms with van der Waals surface area (Å²) in [4.78, 5) is 11.7. The highest BCUT2D eigenvalue weighted by molar-refractivity contribution is 14.1. The number of rotatable bonds is 2. The van der Waals surface area contributed by atoms with Crippen LogP contribution in [0.15, 0.2) is 30.3 Å². The molecule has 0 aliphatic heterocycles. The van der Waals surface area contributed by atoms with Crippen LogP contribution in [0.4, 0.5) is 11.5 Å². The van der Waals surface area contributed by atoms with Crippen molar-refractivity contribution < 1.29 is 4.79 Å². The Labute approximate surface area is 106 Å². The molecule has 0 saturated carbocycles. The molecule has 0 saturated heterocycles. The molecular weight excluding hydrogens is 319 g/mol. The first-order valence-electron chi connectivity index (χ1n) is 4.53. The summed E-state index contributed by atoms with van der Waals surface area (Å²) in [6.07, 6.45) is 0. The third kappa shape index (κ3) is 2.32. The number of amides is 1. The van der Waals surface area contributed by atoms with Crippen LogP contribution in [0.25, 0.3) is 0 Å². The number of nitrogens with one attached hydrogen (secondary N) is 2. The Bertz CT molecular complexity index is 523. The van der Waals surface area contributed by atoms with E-state index in [1.807, 2.05) is 24.3 Å². The second-order valence-corrected chi connectivity index (χ2v) is 4.30. The Hall–Kier alpha value is -1.57. The number of benzene rings is 1. The monoisotopic (exact) mass is 328 g/mol. The zero-order chi connectivity index (χ0) is 11.5. The van der Waals surface area contributed by atoms with E-state index >= 15 is 0 Å². The van der Waals surface area contributed by atoms with E-state index in [1.54, 1.807) is 0 Å². The van der Waals surface area contributed by atoms with Crippen molar-refractivity contribution in [2.75, 3.05) is 11.1 Å². The molecule has 0 unspecified atom stereocenters. The first-order valence-corrected chi connectivity index (χ1v) is 5.61. The highest BCUT2D eigenvalue weighted by atomic mass is 127. The third-order valence-electron chi connectivity index (χ3n) is 1.96. The first-order chi connectivity index (χ1) is 7.66. The minimum atomic E-state index is -0.256. The summed E-state index contributed by atoms with van der Waals surface area (Å²) in [5, 5.41) is 9.01. The number of halogens is 1. The van der Waals surface area contributed by atoms with Crippen molar-refractivity contribution in [1.82, 2.24) is 10.2 Å². The van der Waals surface area contributed by atoms with E-state index in [9.17, 15) is 4.79 Å². The molecule has 4 N–H and O–H groups in total. The smallest absolute Gasteiger partial charge is 0.273 e. The molecule has 0 fully saturated rings. The zero-order valence-electron chi connectivity index (χ0n) is 8.20. The quantitative estimate of drug-likeness (QED) is 0.736. The molecule has 16 heavy (non-hydrogen) atoms. The second kappa shape index (κ2) is 4.52. The molecule has 0 aliphatic rings. The van der Waals surface area contributed by atoms with Crippen LogP contribution in [0.2, 0.25) is 0 Å². The fourth-order valence-corrected chi connectivity index (χ4v) is 1.73. The predicted molar refractivity (Wildman–Crippen MR) is 70.1 cm³/mol. The Morgan fingerprint density at radius 1 is 1.44 bits per heavy atom. The molecule has 0 spiro atoms. The fraction of sp³-hybridized carbons (Fsp3) is 0. The molecule has 0 atom stereocenters. The van der Waals surface area contributed by atoms with Gasteiger partial charge in [-0.1, -0.05) is 12.1 Å². The molecule has 1 heterocycles. The van der Waals surface area contributed by atoms with Gasteiger partial charge in [-0.25, -0.2) is 0 Å². The highest BCUT2D eigenvalue weighted by Gasteiger charge is 2.09. The topological polar surface area (TPSA) is 83.8 Å². The largest absolute Gasteiger partial charge is 0.382 e. The van der Waals surface area contributed by atoms with Crippen LogP contribution in [-0.2, 0) is 0 Å². The van der Waals surface area contributed by atoms with Crippen LogP contribution >= 0.6 is 22.6 Å². The van der Waals surface area contributed by atoms with Crippen LogP contribution in [0.1, 0.15) is 10.5 Å². The van der Waals surface area contributed by atoms with Gasteiger partial charge in [0.05, 0.1) is 5.69 Å². The van der Waals surface area contributed by atoms with Crippen molar-refractivity contribution in [1.29, 1.82) is 0 Å². The normalized spacial score (nSPS) is 10.1. The van der Waals surface area contributed by atoms with Crippen molar-refractivity contribution in [3.8, 4) is 0 Å². The van der Waals surface area contributed by atoms with Gasteiger partial charge in [-0.05, 0) is 34.7 Å². The van der Waals surface area contributed by atoms with E-state index in [2.05, 4.69) is 38.1 Å². The molecule has 82 valence electrons. The molecule has 1 aromatic carbocycles. The summed E-state index contributed by atoms with van der Waals surface area (Å²) in [7, 11) is 0. The number of para-hydroxylation sites is 1. The van der Waals surface area contributed by atoms with E-state index in [-0.39, 0.29) is 5.91 Å². The van der Waals surface area contributed by atoms with Crippen molar-refractivity contribution in [3.05, 3.63) is 39.6 Å². The van der Waals surface area contributed by atoms with Crippen LogP contribution in [-0.4, -0.2) is 16.1 Å². The number of hydrogen-bond acceptors (Lipinski definition) is 3. The van der Waals surface area contributed by atoms with Gasteiger partial charge in [0.25, 0.3) is 5.91 Å². The van der Waals surface area contributed by atoms with E-state index in [1.165, 1.54) is 6.07 Å². The number of aromatic nitrogens is 2. The van der Waals surface area contributed by atoms with Crippen molar-refractivity contribution in [3.63, 3.8) is 0 Å². The van der Waals surface area contributed by atoms with Crippen molar-refractivity contribution in [2.24, 2.45) is 0 Å². The molecular formula is C10H9IN4O. The van der Waals surface area contributed by atoms with E-state index in [4.69, 9.17) is 5.73 Å². The molecule has 2 aromatic rings. The number of hydrogen-bond donors (Lipinski definition) is 3. The number of carbonyl (C=O) groups excluding carboxylic acids is 1. The second-order valence-electron chi connectivity index (χ2n) is 3.14. The average molecular weight is 328 g/mol. The van der Waals surface area contributed by atoms with Crippen molar-refractivity contribution >= 4 is 40.0 Å². The van der Waals surface area contributed by atoms with Crippen LogP contribution in [0.3, 0.4) is 0 Å².